The van der Waals surface area contributed by atoms with E-state index in [1.165, 1.54) is 11.1 Å². The van der Waals surface area contributed by atoms with Crippen molar-refractivity contribution in [3.05, 3.63) is 59.4 Å². The van der Waals surface area contributed by atoms with Crippen LogP contribution < -0.4 is 15.4 Å². The third-order valence-electron chi connectivity index (χ3n) is 4.27. The Morgan fingerprint density at radius 2 is 2.07 bits per heavy atom. The van der Waals surface area contributed by atoms with Crippen LogP contribution in [0.4, 0.5) is 0 Å². The van der Waals surface area contributed by atoms with E-state index >= 15 is 0 Å². The van der Waals surface area contributed by atoms with Crippen LogP contribution in [0, 0.1) is 12.8 Å². The minimum Gasteiger partial charge on any atom is -0.493 e. The van der Waals surface area contributed by atoms with E-state index in [1.807, 2.05) is 12.3 Å². The molecule has 1 aromatic heterocycles. The maximum Gasteiger partial charge on any atom is 0.191 e. The van der Waals surface area contributed by atoms with Crippen LogP contribution in [0.3, 0.4) is 0 Å². The minimum absolute atomic E-state index is 0.638. The third-order valence-corrected chi connectivity index (χ3v) is 4.27. The van der Waals surface area contributed by atoms with E-state index in [4.69, 9.17) is 4.74 Å². The highest BCUT2D eigenvalue weighted by Crippen LogP contribution is 2.21. The Morgan fingerprint density at radius 1 is 1.22 bits per heavy atom. The van der Waals surface area contributed by atoms with Crippen molar-refractivity contribution in [2.24, 2.45) is 10.9 Å². The van der Waals surface area contributed by atoms with Crippen molar-refractivity contribution < 1.29 is 4.74 Å². The molecule has 0 aliphatic carbocycles. The number of pyridine rings is 1. The number of aromatic nitrogens is 1. The molecule has 5 nitrogen and oxygen atoms in total. The van der Waals surface area contributed by atoms with Crippen molar-refractivity contribution in [1.29, 1.82) is 0 Å². The molecule has 0 saturated heterocycles. The summed E-state index contributed by atoms with van der Waals surface area (Å²) in [5, 5.41) is 6.72. The fourth-order valence-electron chi connectivity index (χ4n) is 2.62. The first-order valence-electron chi connectivity index (χ1n) is 9.64. The van der Waals surface area contributed by atoms with Crippen LogP contribution in [0.15, 0.2) is 47.7 Å². The first kappa shape index (κ1) is 20.7. The molecule has 146 valence electrons. The molecule has 27 heavy (non-hydrogen) atoms. The maximum absolute atomic E-state index is 6.03. The minimum atomic E-state index is 0.638. The van der Waals surface area contributed by atoms with Crippen LogP contribution in [-0.2, 0) is 13.0 Å². The highest BCUT2D eigenvalue weighted by Gasteiger charge is 2.06. The molecule has 2 aromatic rings. The topological polar surface area (TPSA) is 58.5 Å². The average Bonchev–Trinajstić information content (AvgIpc) is 2.66. The molecule has 5 heteroatoms. The zero-order valence-corrected chi connectivity index (χ0v) is 17.0. The van der Waals surface area contributed by atoms with Crippen molar-refractivity contribution in [2.45, 2.75) is 40.2 Å². The van der Waals surface area contributed by atoms with Gasteiger partial charge < -0.3 is 15.4 Å². The molecule has 1 aromatic carbocycles. The van der Waals surface area contributed by atoms with Gasteiger partial charge in [0.25, 0.3) is 0 Å². The van der Waals surface area contributed by atoms with E-state index in [2.05, 4.69) is 65.6 Å². The van der Waals surface area contributed by atoms with E-state index in [0.29, 0.717) is 12.5 Å². The van der Waals surface area contributed by atoms with Crippen LogP contribution in [0.1, 0.15) is 37.0 Å². The van der Waals surface area contributed by atoms with Gasteiger partial charge in [-0.1, -0.05) is 32.0 Å². The van der Waals surface area contributed by atoms with Gasteiger partial charge in [0.05, 0.1) is 6.61 Å². The fraction of sp³-hybridized carbons (Fsp3) is 0.455. The Balaban J connectivity index is 1.85. The highest BCUT2D eigenvalue weighted by molar-refractivity contribution is 5.79. The van der Waals surface area contributed by atoms with Crippen molar-refractivity contribution >= 4 is 5.96 Å². The van der Waals surface area contributed by atoms with Gasteiger partial charge in [-0.15, -0.1) is 0 Å². The Morgan fingerprint density at radius 3 is 2.78 bits per heavy atom. The summed E-state index contributed by atoms with van der Waals surface area (Å²) in [5.41, 5.74) is 3.55. The lowest BCUT2D eigenvalue weighted by atomic mass is 10.1. The predicted octanol–water partition coefficient (Wildman–Crippen LogP) is 3.72. The molecule has 0 fully saturated rings. The molecule has 2 rings (SSSR count). The summed E-state index contributed by atoms with van der Waals surface area (Å²) in [6, 6.07) is 10.4. The summed E-state index contributed by atoms with van der Waals surface area (Å²) in [5.74, 6) is 2.38. The third kappa shape index (κ3) is 7.69. The average molecular weight is 369 g/mol. The monoisotopic (exact) mass is 368 g/mol. The molecule has 0 aliphatic rings. The number of benzene rings is 1. The highest BCUT2D eigenvalue weighted by atomic mass is 16.5. The first-order valence-corrected chi connectivity index (χ1v) is 9.64. The number of nitrogens with one attached hydrogen (secondary N) is 2. The van der Waals surface area contributed by atoms with E-state index in [1.54, 1.807) is 13.2 Å². The zero-order valence-electron chi connectivity index (χ0n) is 17.0. The van der Waals surface area contributed by atoms with Crippen LogP contribution in [0.5, 0.6) is 5.75 Å². The summed E-state index contributed by atoms with van der Waals surface area (Å²) in [4.78, 5) is 8.45. The number of rotatable bonds is 9. The second-order valence-corrected chi connectivity index (χ2v) is 7.11. The largest absolute Gasteiger partial charge is 0.493 e. The zero-order chi connectivity index (χ0) is 19.5. The van der Waals surface area contributed by atoms with Gasteiger partial charge in [0, 0.05) is 38.1 Å². The molecule has 0 bridgehead atoms. The van der Waals surface area contributed by atoms with Crippen LogP contribution in [-0.4, -0.2) is 31.1 Å². The number of hydrogen-bond donors (Lipinski definition) is 2. The number of hydrogen-bond acceptors (Lipinski definition) is 3. The summed E-state index contributed by atoms with van der Waals surface area (Å²) in [7, 11) is 1.79. The molecule has 0 radical (unpaired) electrons. The van der Waals surface area contributed by atoms with Crippen molar-refractivity contribution in [3.63, 3.8) is 0 Å². The first-order chi connectivity index (χ1) is 13.1. The van der Waals surface area contributed by atoms with Gasteiger partial charge in [-0.3, -0.25) is 9.98 Å². The second-order valence-electron chi connectivity index (χ2n) is 7.11. The number of aliphatic imine (C=N–C) groups is 1. The Bertz CT molecular complexity index is 714. The molecule has 0 unspecified atom stereocenters. The SMILES string of the molecule is CN=C(NCCc1cccnc1)NCc1ccc(C)cc1OCCC(C)C. The number of ether oxygens (including phenoxy) is 1. The molecule has 2 N–H and O–H groups in total. The van der Waals surface area contributed by atoms with E-state index in [9.17, 15) is 0 Å². The summed E-state index contributed by atoms with van der Waals surface area (Å²) >= 11 is 0. The number of nitrogens with zero attached hydrogens (tertiary/aromatic N) is 2. The van der Waals surface area contributed by atoms with Gasteiger partial charge >= 0.3 is 0 Å². The molecule has 0 spiro atoms. The molecule has 1 heterocycles. The maximum atomic E-state index is 6.03. The molecule has 0 aliphatic heterocycles. The van der Waals surface area contributed by atoms with Crippen LogP contribution in [0.25, 0.3) is 0 Å². The van der Waals surface area contributed by atoms with Gasteiger partial charge in [-0.2, -0.15) is 0 Å². The standard InChI is InChI=1S/C22H32N4O/c1-17(2)10-13-27-21-14-18(3)7-8-20(21)16-26-22(23-4)25-12-9-19-6-5-11-24-15-19/h5-8,11,14-15,17H,9-10,12-13,16H2,1-4H3,(H2,23,25,26). The van der Waals surface area contributed by atoms with Crippen molar-refractivity contribution in [1.82, 2.24) is 15.6 Å². The van der Waals surface area contributed by atoms with Gasteiger partial charge in [0.1, 0.15) is 5.75 Å². The predicted molar refractivity (Wildman–Crippen MR) is 112 cm³/mol. The Labute approximate surface area is 163 Å². The molecular formula is C22H32N4O. The lowest BCUT2D eigenvalue weighted by molar-refractivity contribution is 0.286. The molecule has 0 saturated carbocycles. The van der Waals surface area contributed by atoms with Crippen LogP contribution >= 0.6 is 0 Å². The summed E-state index contributed by atoms with van der Waals surface area (Å²) in [6.45, 7) is 8.73. The van der Waals surface area contributed by atoms with Crippen molar-refractivity contribution in [2.75, 3.05) is 20.2 Å². The van der Waals surface area contributed by atoms with E-state index in [-0.39, 0.29) is 0 Å². The Kier molecular flexibility index (Phi) is 8.62. The Hall–Kier alpha value is -2.56. The number of aryl methyl sites for hydroxylation is 1. The van der Waals surface area contributed by atoms with Gasteiger partial charge in [0.15, 0.2) is 5.96 Å². The lowest BCUT2D eigenvalue weighted by Crippen LogP contribution is -2.37. The van der Waals surface area contributed by atoms with E-state index in [0.717, 1.165) is 43.3 Å². The smallest absolute Gasteiger partial charge is 0.191 e. The van der Waals surface area contributed by atoms with Crippen LogP contribution in [0.2, 0.25) is 0 Å². The summed E-state index contributed by atoms with van der Waals surface area (Å²) in [6.07, 6.45) is 5.64. The quantitative estimate of drug-likeness (QED) is 0.523. The summed E-state index contributed by atoms with van der Waals surface area (Å²) < 4.78 is 6.03. The molecule has 0 amide bonds. The lowest BCUT2D eigenvalue weighted by Gasteiger charge is -2.16. The number of guanidine groups is 1. The van der Waals surface area contributed by atoms with Gasteiger partial charge in [-0.25, -0.2) is 0 Å². The molecular weight excluding hydrogens is 336 g/mol. The van der Waals surface area contributed by atoms with Gasteiger partial charge in [-0.05, 0) is 48.9 Å². The fourth-order valence-corrected chi connectivity index (χ4v) is 2.62. The van der Waals surface area contributed by atoms with E-state index < -0.39 is 0 Å². The molecule has 0 atom stereocenters. The second kappa shape index (κ2) is 11.2. The van der Waals surface area contributed by atoms with Crippen molar-refractivity contribution in [3.8, 4) is 5.75 Å². The normalized spacial score (nSPS) is 11.5. The van der Waals surface area contributed by atoms with Gasteiger partial charge in [0.2, 0.25) is 0 Å².